The summed E-state index contributed by atoms with van der Waals surface area (Å²) in [5.41, 5.74) is 2.36. The van der Waals surface area contributed by atoms with Crippen molar-refractivity contribution < 1.29 is 0 Å². The number of hydrogen-bond donors (Lipinski definition) is 0. The maximum atomic E-state index is 9.17. The van der Waals surface area contributed by atoms with Gasteiger partial charge in [-0.15, -0.1) is 0 Å². The van der Waals surface area contributed by atoms with Crippen LogP contribution in [0.25, 0.3) is 11.6 Å². The zero-order valence-electron chi connectivity index (χ0n) is 9.10. The van der Waals surface area contributed by atoms with Crippen molar-refractivity contribution in [2.75, 3.05) is 0 Å². The normalized spacial score (nSPS) is 10.9. The number of nitriles is 1. The summed E-state index contributed by atoms with van der Waals surface area (Å²) in [5, 5.41) is 9.82. The van der Waals surface area contributed by atoms with E-state index in [0.29, 0.717) is 10.6 Å². The van der Waals surface area contributed by atoms with E-state index in [9.17, 15) is 5.26 Å². The predicted octanol–water partition coefficient (Wildman–Crippen LogP) is 4.40. The molecule has 82 valence electrons. The monoisotopic (exact) mass is 239 g/mol. The molecule has 0 amide bonds. The van der Waals surface area contributed by atoms with Crippen LogP contribution in [0, 0.1) is 11.3 Å². The standard InChI is InChI=1S/C15H10ClN/c16-15-9-5-4-8-13(15)10-14(11-17)12-6-2-1-3-7-12/h1-10H/b14-10-. The number of hydrogen-bond acceptors (Lipinski definition) is 1. The lowest BCUT2D eigenvalue weighted by Crippen LogP contribution is -1.81. The van der Waals surface area contributed by atoms with E-state index in [4.69, 9.17) is 11.6 Å². The molecule has 0 spiro atoms. The average Bonchev–Trinajstić information content (AvgIpc) is 2.39. The van der Waals surface area contributed by atoms with Crippen LogP contribution in [0.2, 0.25) is 5.02 Å². The molecule has 0 aliphatic rings. The van der Waals surface area contributed by atoms with E-state index in [2.05, 4.69) is 6.07 Å². The predicted molar refractivity (Wildman–Crippen MR) is 71.4 cm³/mol. The smallest absolute Gasteiger partial charge is 0.0998 e. The van der Waals surface area contributed by atoms with E-state index >= 15 is 0 Å². The van der Waals surface area contributed by atoms with Gasteiger partial charge in [-0.2, -0.15) is 5.26 Å². The van der Waals surface area contributed by atoms with Gasteiger partial charge >= 0.3 is 0 Å². The van der Waals surface area contributed by atoms with E-state index in [1.54, 1.807) is 6.08 Å². The van der Waals surface area contributed by atoms with Gasteiger partial charge in [0.15, 0.2) is 0 Å². The first-order chi connectivity index (χ1) is 8.31. The first-order valence-corrected chi connectivity index (χ1v) is 5.61. The summed E-state index contributed by atoms with van der Waals surface area (Å²) in [6.45, 7) is 0. The Kier molecular flexibility index (Phi) is 3.59. The lowest BCUT2D eigenvalue weighted by atomic mass is 10.0. The van der Waals surface area contributed by atoms with Crippen molar-refractivity contribution in [1.82, 2.24) is 0 Å². The lowest BCUT2D eigenvalue weighted by Gasteiger charge is -2.00. The quantitative estimate of drug-likeness (QED) is 0.563. The van der Waals surface area contributed by atoms with Crippen LogP contribution in [0.3, 0.4) is 0 Å². The SMILES string of the molecule is N#C/C(=C/c1ccccc1Cl)c1ccccc1. The molecule has 0 radical (unpaired) electrons. The fourth-order valence-corrected chi connectivity index (χ4v) is 1.74. The van der Waals surface area contributed by atoms with Crippen molar-refractivity contribution >= 4 is 23.3 Å². The number of benzene rings is 2. The van der Waals surface area contributed by atoms with Crippen molar-refractivity contribution in [3.63, 3.8) is 0 Å². The van der Waals surface area contributed by atoms with Gasteiger partial charge in [0.05, 0.1) is 11.6 Å². The third kappa shape index (κ3) is 2.75. The van der Waals surface area contributed by atoms with Gasteiger partial charge in [-0.3, -0.25) is 0 Å². The molecule has 1 nitrogen and oxygen atoms in total. The molecule has 0 heterocycles. The summed E-state index contributed by atoms with van der Waals surface area (Å²) < 4.78 is 0. The van der Waals surface area contributed by atoms with E-state index in [-0.39, 0.29) is 0 Å². The lowest BCUT2D eigenvalue weighted by molar-refractivity contribution is 1.52. The van der Waals surface area contributed by atoms with Gasteiger partial charge in [-0.1, -0.05) is 60.1 Å². The Morgan fingerprint density at radius 2 is 1.65 bits per heavy atom. The molecule has 0 fully saturated rings. The second kappa shape index (κ2) is 5.34. The molecule has 2 heteroatoms. The summed E-state index contributed by atoms with van der Waals surface area (Å²) in [4.78, 5) is 0. The molecule has 0 saturated heterocycles. The molecular formula is C15H10ClN. The number of halogens is 1. The van der Waals surface area contributed by atoms with Crippen LogP contribution in [0.1, 0.15) is 11.1 Å². The third-order valence-electron chi connectivity index (χ3n) is 2.41. The maximum absolute atomic E-state index is 9.17. The Morgan fingerprint density at radius 1 is 1.00 bits per heavy atom. The Bertz CT molecular complexity index is 579. The minimum absolute atomic E-state index is 0.610. The Hall–Kier alpha value is -2.04. The van der Waals surface area contributed by atoms with Crippen LogP contribution in [-0.4, -0.2) is 0 Å². The zero-order chi connectivity index (χ0) is 12.1. The zero-order valence-corrected chi connectivity index (χ0v) is 9.85. The van der Waals surface area contributed by atoms with Crippen molar-refractivity contribution in [2.45, 2.75) is 0 Å². The highest BCUT2D eigenvalue weighted by Crippen LogP contribution is 2.22. The van der Waals surface area contributed by atoms with E-state index in [1.807, 2.05) is 54.6 Å². The topological polar surface area (TPSA) is 23.8 Å². The Balaban J connectivity index is 2.45. The van der Waals surface area contributed by atoms with Gasteiger partial charge in [-0.05, 0) is 23.3 Å². The molecule has 2 aromatic carbocycles. The molecule has 0 atom stereocenters. The summed E-state index contributed by atoms with van der Waals surface area (Å²) in [6.07, 6.45) is 1.80. The Labute approximate surface area is 106 Å². The van der Waals surface area contributed by atoms with Gasteiger partial charge in [0.25, 0.3) is 0 Å². The van der Waals surface area contributed by atoms with Crippen LogP contribution < -0.4 is 0 Å². The van der Waals surface area contributed by atoms with Crippen LogP contribution in [0.4, 0.5) is 0 Å². The molecule has 0 aromatic heterocycles. The highest BCUT2D eigenvalue weighted by molar-refractivity contribution is 6.32. The van der Waals surface area contributed by atoms with Crippen LogP contribution in [0.15, 0.2) is 54.6 Å². The number of rotatable bonds is 2. The van der Waals surface area contributed by atoms with E-state index in [1.165, 1.54) is 0 Å². The molecule has 2 aromatic rings. The summed E-state index contributed by atoms with van der Waals surface area (Å²) in [7, 11) is 0. The minimum atomic E-state index is 0.610. The minimum Gasteiger partial charge on any atom is -0.192 e. The van der Waals surface area contributed by atoms with Gasteiger partial charge in [0.1, 0.15) is 0 Å². The molecule has 0 aliphatic heterocycles. The molecule has 0 bridgehead atoms. The molecule has 0 unspecified atom stereocenters. The fourth-order valence-electron chi connectivity index (χ4n) is 1.55. The number of nitrogens with zero attached hydrogens (tertiary/aromatic N) is 1. The van der Waals surface area contributed by atoms with E-state index in [0.717, 1.165) is 11.1 Å². The van der Waals surface area contributed by atoms with Gasteiger partial charge in [0, 0.05) is 5.02 Å². The molecule has 17 heavy (non-hydrogen) atoms. The highest BCUT2D eigenvalue weighted by Gasteiger charge is 2.01. The van der Waals surface area contributed by atoms with Crippen molar-refractivity contribution in [1.29, 1.82) is 5.26 Å². The molecule has 0 aliphatic carbocycles. The first-order valence-electron chi connectivity index (χ1n) is 5.23. The largest absolute Gasteiger partial charge is 0.192 e. The summed E-state index contributed by atoms with van der Waals surface area (Å²) >= 11 is 6.06. The highest BCUT2D eigenvalue weighted by atomic mass is 35.5. The van der Waals surface area contributed by atoms with Gasteiger partial charge in [-0.25, -0.2) is 0 Å². The third-order valence-corrected chi connectivity index (χ3v) is 2.75. The second-order valence-electron chi connectivity index (χ2n) is 3.56. The van der Waals surface area contributed by atoms with Crippen LogP contribution in [-0.2, 0) is 0 Å². The summed E-state index contributed by atoms with van der Waals surface area (Å²) in [6, 6.07) is 19.2. The summed E-state index contributed by atoms with van der Waals surface area (Å²) in [5.74, 6) is 0. The van der Waals surface area contributed by atoms with Crippen molar-refractivity contribution in [3.8, 4) is 6.07 Å². The van der Waals surface area contributed by atoms with Gasteiger partial charge < -0.3 is 0 Å². The van der Waals surface area contributed by atoms with Crippen LogP contribution >= 0.6 is 11.6 Å². The van der Waals surface area contributed by atoms with Crippen LogP contribution in [0.5, 0.6) is 0 Å². The number of allylic oxidation sites excluding steroid dienone is 1. The molecule has 0 saturated carbocycles. The molecular weight excluding hydrogens is 230 g/mol. The van der Waals surface area contributed by atoms with Crippen molar-refractivity contribution in [3.05, 3.63) is 70.7 Å². The Morgan fingerprint density at radius 3 is 2.29 bits per heavy atom. The maximum Gasteiger partial charge on any atom is 0.0998 e. The van der Waals surface area contributed by atoms with Crippen molar-refractivity contribution in [2.24, 2.45) is 0 Å². The molecule has 0 N–H and O–H groups in total. The fraction of sp³-hybridized carbons (Fsp3) is 0. The van der Waals surface area contributed by atoms with Gasteiger partial charge in [0.2, 0.25) is 0 Å². The molecule has 2 rings (SSSR count). The average molecular weight is 240 g/mol. The second-order valence-corrected chi connectivity index (χ2v) is 3.96. The first kappa shape index (κ1) is 11.4. The van der Waals surface area contributed by atoms with E-state index < -0.39 is 0 Å².